The van der Waals surface area contributed by atoms with Crippen molar-refractivity contribution in [1.29, 1.82) is 0 Å². The molecule has 0 bridgehead atoms. The molecule has 2 atom stereocenters. The van der Waals surface area contributed by atoms with Crippen LogP contribution >= 0.6 is 0 Å². The lowest BCUT2D eigenvalue weighted by molar-refractivity contribution is -0.437. The lowest BCUT2D eigenvalue weighted by Crippen LogP contribution is -2.32. The van der Waals surface area contributed by atoms with Crippen molar-refractivity contribution in [1.82, 2.24) is 0 Å². The largest absolute Gasteiger partial charge is 0.481 e. The maximum atomic E-state index is 13.0. The highest BCUT2D eigenvalue weighted by Crippen LogP contribution is 2.54. The van der Waals surface area contributed by atoms with E-state index in [1.807, 2.05) is 4.90 Å². The van der Waals surface area contributed by atoms with Crippen LogP contribution in [0.1, 0.15) is 76.3 Å². The number of hydrogen-bond acceptors (Lipinski definition) is 20. The highest BCUT2D eigenvalue weighted by atomic mass is 32.2. The number of anilines is 1. The zero-order valence-electron chi connectivity index (χ0n) is 49.5. The van der Waals surface area contributed by atoms with Crippen LogP contribution < -0.4 is 4.90 Å². The standard InChI is InChI=1S/C56H74N2O26S6/c1-55(19-10-34-85(61,62)63)50(58(22-11-35-86(64,65)66)46-17-15-42-44(53(46)55)36-40(87(67,68)69)38-48(42)89(73,74)75)12-6-4-7-13-51-56(2,20-23-80-26-27-82-30-31-84-33-32-83-29-28-81-25-24-79-3)54-45-37-41(88(70,71)72)39-49(90(76,77)78)43(45)16-18-47(54)57(51)21-9-5-8-14-52(59)60/h4,6-7,12-13,15-18,36-39H,5,8-11,14,19-35H2,1-3H3,(H6-,59,60,61,62,63,64,65,66,67,68,69,70,71,72,73,74,75,76,77,78)/p+1. The first-order valence-corrected chi connectivity index (χ1v) is 37.1. The average Bonchev–Trinajstić information content (AvgIpc) is 1.52. The number of carbonyl (C=O) groups is 1. The van der Waals surface area contributed by atoms with Gasteiger partial charge in [-0.15, -0.1) is 0 Å². The number of rotatable bonds is 39. The topological polar surface area (TPSA) is 425 Å². The van der Waals surface area contributed by atoms with Gasteiger partial charge in [-0.05, 0) is 105 Å². The van der Waals surface area contributed by atoms with E-state index in [2.05, 4.69) is 0 Å². The third kappa shape index (κ3) is 19.7. The molecule has 0 radical (unpaired) electrons. The van der Waals surface area contributed by atoms with E-state index in [0.717, 1.165) is 12.1 Å². The molecule has 28 nitrogen and oxygen atoms in total. The number of carboxylic acids is 1. The van der Waals surface area contributed by atoms with Crippen LogP contribution in [0.2, 0.25) is 0 Å². The Labute approximate surface area is 523 Å². The summed E-state index contributed by atoms with van der Waals surface area (Å²) in [4.78, 5) is 9.86. The van der Waals surface area contributed by atoms with E-state index in [1.165, 1.54) is 24.3 Å². The second-order valence-corrected chi connectivity index (χ2v) is 30.3. The quantitative estimate of drug-likeness (QED) is 0.0120. The van der Waals surface area contributed by atoms with Gasteiger partial charge in [0.1, 0.15) is 16.3 Å². The molecule has 2 aliphatic heterocycles. The van der Waals surface area contributed by atoms with Crippen molar-refractivity contribution in [3.63, 3.8) is 0 Å². The zero-order chi connectivity index (χ0) is 66.5. The summed E-state index contributed by atoms with van der Waals surface area (Å²) < 4.78 is 247. The molecule has 34 heteroatoms. The third-order valence-electron chi connectivity index (χ3n) is 15.2. The molecule has 500 valence electrons. The Balaban J connectivity index is 1.44. The zero-order valence-corrected chi connectivity index (χ0v) is 54.4. The highest BCUT2D eigenvalue weighted by molar-refractivity contribution is 7.87. The smallest absolute Gasteiger partial charge is 0.303 e. The Bertz CT molecular complexity index is 4110. The van der Waals surface area contributed by atoms with Crippen molar-refractivity contribution in [2.45, 2.75) is 95.6 Å². The van der Waals surface area contributed by atoms with Crippen LogP contribution in [0.25, 0.3) is 21.5 Å². The minimum Gasteiger partial charge on any atom is -0.481 e. The molecule has 90 heavy (non-hydrogen) atoms. The van der Waals surface area contributed by atoms with Crippen LogP contribution in [0.5, 0.6) is 0 Å². The Morgan fingerprint density at radius 3 is 1.50 bits per heavy atom. The minimum absolute atomic E-state index is 0.00383. The van der Waals surface area contributed by atoms with Crippen LogP contribution in [-0.2, 0) is 105 Å². The first-order valence-electron chi connectivity index (χ1n) is 28.1. The second kappa shape index (κ2) is 31.1. The Morgan fingerprint density at radius 2 is 1.01 bits per heavy atom. The van der Waals surface area contributed by atoms with Crippen LogP contribution in [0.4, 0.5) is 11.4 Å². The highest BCUT2D eigenvalue weighted by Gasteiger charge is 2.50. The number of fused-ring (bicyclic) bond motifs is 6. The van der Waals surface area contributed by atoms with Crippen molar-refractivity contribution in [3.05, 3.63) is 95.7 Å². The van der Waals surface area contributed by atoms with Gasteiger partial charge < -0.3 is 38.4 Å². The van der Waals surface area contributed by atoms with E-state index in [4.69, 9.17) is 28.4 Å². The molecule has 2 heterocycles. The van der Waals surface area contributed by atoms with E-state index in [1.54, 1.807) is 55.9 Å². The van der Waals surface area contributed by atoms with Crippen LogP contribution in [0.3, 0.4) is 0 Å². The minimum atomic E-state index is -5.22. The number of nitrogens with zero attached hydrogens (tertiary/aromatic N) is 2. The summed E-state index contributed by atoms with van der Waals surface area (Å²) in [7, 11) is -28.3. The fraction of sp³-hybridized carbons (Fsp3) is 0.500. The molecule has 0 aromatic heterocycles. The monoisotopic (exact) mass is 1380 g/mol. The molecular formula is C56H75N2O26S6+. The van der Waals surface area contributed by atoms with E-state index in [-0.39, 0.29) is 117 Å². The van der Waals surface area contributed by atoms with E-state index >= 15 is 0 Å². The van der Waals surface area contributed by atoms with Crippen LogP contribution in [0.15, 0.2) is 104 Å². The molecule has 4 aromatic rings. The molecule has 4 aromatic carbocycles. The molecular weight excluding hydrogens is 1310 g/mol. The van der Waals surface area contributed by atoms with Crippen molar-refractivity contribution in [2.24, 2.45) is 0 Å². The van der Waals surface area contributed by atoms with Crippen molar-refractivity contribution < 1.29 is 121 Å². The summed E-state index contributed by atoms with van der Waals surface area (Å²) in [6, 6.07) is 8.83. The molecule has 0 amide bonds. The van der Waals surface area contributed by atoms with Gasteiger partial charge in [0, 0.05) is 78.4 Å². The fourth-order valence-electron chi connectivity index (χ4n) is 11.2. The summed E-state index contributed by atoms with van der Waals surface area (Å²) in [5, 5.41) is 8.95. The van der Waals surface area contributed by atoms with Gasteiger partial charge in [0.2, 0.25) is 5.69 Å². The number of unbranched alkanes of at least 4 members (excludes halogenated alkanes) is 2. The lowest BCUT2D eigenvalue weighted by Gasteiger charge is -2.31. The van der Waals surface area contributed by atoms with Crippen molar-refractivity contribution >= 4 is 105 Å². The molecule has 0 saturated carbocycles. The number of aliphatic carboxylic acids is 1. The molecule has 0 saturated heterocycles. The van der Waals surface area contributed by atoms with Gasteiger partial charge >= 0.3 is 5.97 Å². The second-order valence-electron chi connectivity index (χ2n) is 21.5. The SMILES string of the molecule is COCCOCCOCCOCCOCCOCCC1(C)C(=CC=CC=CC2=[N+](CCCS(=O)(=O)O)c3ccc4c(S(=O)(=O)O)cc(S(=O)(=O)O)cc4c3C2(C)CCCS(=O)(=O)O)N(CCCCCC(=O)O)c2ccc3c(S(=O)(=O)O)cc(S(=O)(=O)O)cc3c21. The van der Waals surface area contributed by atoms with Gasteiger partial charge in [0.15, 0.2) is 5.71 Å². The lowest BCUT2D eigenvalue weighted by atomic mass is 9.74. The van der Waals surface area contributed by atoms with Crippen molar-refractivity contribution in [3.8, 4) is 0 Å². The predicted octanol–water partition coefficient (Wildman–Crippen LogP) is 5.82. The average molecular weight is 1380 g/mol. The number of methoxy groups -OCH3 is 1. The summed E-state index contributed by atoms with van der Waals surface area (Å²) in [6.07, 6.45) is 8.30. The van der Waals surface area contributed by atoms with Crippen LogP contribution in [-0.4, -0.2) is 204 Å². The molecule has 6 rings (SSSR count). The summed E-state index contributed by atoms with van der Waals surface area (Å²) in [5.41, 5.74) is -0.832. The molecule has 0 spiro atoms. The Morgan fingerprint density at radius 1 is 0.522 bits per heavy atom. The number of hydrogen-bond donors (Lipinski definition) is 7. The van der Waals surface area contributed by atoms with Gasteiger partial charge in [-0.3, -0.25) is 32.1 Å². The van der Waals surface area contributed by atoms with Gasteiger partial charge in [0.05, 0.1) is 92.8 Å². The van der Waals surface area contributed by atoms with E-state index < -0.39 is 109 Å². The normalized spacial score (nSPS) is 18.1. The maximum absolute atomic E-state index is 13.0. The maximum Gasteiger partial charge on any atom is 0.303 e. The number of benzene rings is 4. The summed E-state index contributed by atoms with van der Waals surface area (Å²) >= 11 is 0. The van der Waals surface area contributed by atoms with E-state index in [9.17, 15) is 87.7 Å². The molecule has 0 aliphatic carbocycles. The van der Waals surface area contributed by atoms with Gasteiger partial charge in [-0.1, -0.05) is 30.7 Å². The summed E-state index contributed by atoms with van der Waals surface area (Å²) in [5.74, 6) is -2.55. The van der Waals surface area contributed by atoms with E-state index in [0.29, 0.717) is 88.0 Å². The third-order valence-corrected chi connectivity index (χ3v) is 20.2. The number of carboxylic acid groups (broad SMARTS) is 1. The Hall–Kier alpha value is -5.22. The number of allylic oxidation sites excluding steroid dienone is 6. The number of ether oxygens (including phenoxy) is 6. The Kier molecular flexibility index (Phi) is 25.5. The van der Waals surface area contributed by atoms with Crippen LogP contribution in [0, 0.1) is 0 Å². The van der Waals surface area contributed by atoms with Crippen molar-refractivity contribution in [2.75, 3.05) is 109 Å². The predicted molar refractivity (Wildman–Crippen MR) is 329 cm³/mol. The van der Waals surface area contributed by atoms with Gasteiger partial charge in [0.25, 0.3) is 60.7 Å². The first-order chi connectivity index (χ1) is 42.0. The molecule has 2 unspecified atom stereocenters. The van der Waals surface area contributed by atoms with Gasteiger partial charge in [-0.2, -0.15) is 55.1 Å². The summed E-state index contributed by atoms with van der Waals surface area (Å²) in [6.45, 7) is 6.46. The molecule has 2 aliphatic rings. The first kappa shape index (κ1) is 73.8. The molecule has 0 fully saturated rings. The molecule has 7 N–H and O–H groups in total. The fourth-order valence-corrected chi connectivity index (χ4v) is 14.9. The van der Waals surface area contributed by atoms with Gasteiger partial charge in [-0.25, -0.2) is 0 Å².